The van der Waals surface area contributed by atoms with E-state index in [1.807, 2.05) is 6.92 Å². The van der Waals surface area contributed by atoms with Gasteiger partial charge in [0.15, 0.2) is 0 Å². The van der Waals surface area contributed by atoms with Gasteiger partial charge in [0.05, 0.1) is 302 Å². The van der Waals surface area contributed by atoms with Crippen LogP contribution in [0, 0.1) is 0 Å². The second-order valence-electron chi connectivity index (χ2n) is 15.4. The minimum absolute atomic E-state index is 0.0170. The summed E-state index contributed by atoms with van der Waals surface area (Å²) in [7, 11) is 0. The van der Waals surface area contributed by atoms with Gasteiger partial charge in [-0.25, -0.2) is 0 Å². The lowest BCUT2D eigenvalue weighted by atomic mass is 10.4. The molecule has 0 aliphatic heterocycles. The summed E-state index contributed by atoms with van der Waals surface area (Å²) >= 11 is 0. The molecule has 25 nitrogen and oxygen atoms in total. The number of hydrogen-bond acceptors (Lipinski definition) is 25. The molecule has 3 unspecified atom stereocenters. The summed E-state index contributed by atoms with van der Waals surface area (Å²) in [6, 6.07) is 0. The van der Waals surface area contributed by atoms with Crippen molar-refractivity contribution >= 4 is 0 Å². The molecule has 25 heteroatoms. The Morgan fingerprint density at radius 2 is 0.365 bits per heavy atom. The van der Waals surface area contributed by atoms with Gasteiger partial charge >= 0.3 is 0 Å². The maximum atomic E-state index is 8.92. The molecule has 0 aromatic heterocycles. The normalized spacial score (nSPS) is 12.9. The molecule has 0 aromatic carbocycles. The van der Waals surface area contributed by atoms with E-state index < -0.39 is 6.10 Å². The Hall–Kier alpha value is -1.00. The number of rotatable bonds is 65. The third-order valence-corrected chi connectivity index (χ3v) is 8.66. The lowest BCUT2D eigenvalue weighted by molar-refractivity contribution is -0.0620. The molecule has 0 saturated carbocycles. The molecule has 0 heterocycles. The molecule has 0 radical (unpaired) electrons. The maximum Gasteiger partial charge on any atom is 0.0781 e. The molecule has 74 heavy (non-hydrogen) atoms. The van der Waals surface area contributed by atoms with Crippen molar-refractivity contribution in [3.8, 4) is 0 Å². The summed E-state index contributed by atoms with van der Waals surface area (Å²) in [6.07, 6.45) is -0.654. The largest absolute Gasteiger partial charge is 0.394 e. The second kappa shape index (κ2) is 70.0. The van der Waals surface area contributed by atoms with Crippen LogP contribution >= 0.6 is 0 Å². The minimum Gasteiger partial charge on any atom is -0.394 e. The van der Waals surface area contributed by atoms with Crippen LogP contribution in [-0.4, -0.2) is 323 Å². The van der Waals surface area contributed by atoms with Gasteiger partial charge in [-0.3, -0.25) is 0 Å². The highest BCUT2D eigenvalue weighted by Crippen LogP contribution is 1.98. The van der Waals surface area contributed by atoms with E-state index in [-0.39, 0.29) is 32.0 Å². The first-order chi connectivity index (χ1) is 36.5. The molecular formula is C49H102O25. The van der Waals surface area contributed by atoms with Gasteiger partial charge in [0.2, 0.25) is 0 Å². The maximum absolute atomic E-state index is 8.92. The standard InChI is InChI=1S/C40H82O21.C9H20O4/c41-1-3-43-5-7-45-9-11-47-13-15-49-17-19-51-21-23-53-25-27-55-29-31-57-33-35-59-37-39-61-40-38-60-36-34-58-32-30-56-28-26-54-24-22-52-20-18-50-16-14-48-12-10-46-8-6-44-4-2-42;1-7(11)5-12-9(3)6-13-8(2)4-10/h41-42H,1-40H2;7-11H,4-6H2,1-3H3. The van der Waals surface area contributed by atoms with Crippen LogP contribution in [-0.2, 0) is 99.5 Å². The fourth-order valence-electron chi connectivity index (χ4n) is 4.89. The molecule has 448 valence electrons. The average molecular weight is 1090 g/mol. The highest BCUT2D eigenvalue weighted by Gasteiger charge is 2.07. The highest BCUT2D eigenvalue weighted by atomic mass is 16.6. The topological polar surface area (TPSA) is 275 Å². The van der Waals surface area contributed by atoms with E-state index in [1.165, 1.54) is 0 Å². The molecule has 0 amide bonds. The lowest BCUT2D eigenvalue weighted by Crippen LogP contribution is -2.24. The molecule has 4 N–H and O–H groups in total. The zero-order chi connectivity index (χ0) is 54.0. The van der Waals surface area contributed by atoms with Gasteiger partial charge in [-0.05, 0) is 20.8 Å². The summed E-state index contributed by atoms with van der Waals surface area (Å²) in [6.45, 7) is 24.5. The molecule has 0 aliphatic rings. The van der Waals surface area contributed by atoms with Gasteiger partial charge in [-0.15, -0.1) is 0 Å². The molecular weight excluding hydrogens is 989 g/mol. The zero-order valence-electron chi connectivity index (χ0n) is 45.5. The molecule has 0 spiro atoms. The lowest BCUT2D eigenvalue weighted by Gasteiger charge is -2.16. The van der Waals surface area contributed by atoms with Crippen LogP contribution in [0.5, 0.6) is 0 Å². The van der Waals surface area contributed by atoms with Crippen LogP contribution in [0.4, 0.5) is 0 Å². The van der Waals surface area contributed by atoms with E-state index in [4.69, 9.17) is 120 Å². The molecule has 3 atom stereocenters. The minimum atomic E-state index is -0.447. The number of ether oxygens (including phenoxy) is 21. The van der Waals surface area contributed by atoms with E-state index in [9.17, 15) is 0 Å². The molecule has 0 rings (SSSR count). The van der Waals surface area contributed by atoms with Crippen LogP contribution < -0.4 is 0 Å². The Labute approximate surface area is 442 Å². The Morgan fingerprint density at radius 3 is 0.500 bits per heavy atom. The molecule has 0 aliphatic carbocycles. The molecule has 0 bridgehead atoms. The van der Waals surface area contributed by atoms with E-state index in [0.717, 1.165) is 0 Å². The smallest absolute Gasteiger partial charge is 0.0781 e. The predicted octanol–water partition coefficient (Wildman–Crippen LogP) is -0.544. The fraction of sp³-hybridized carbons (Fsp3) is 1.00. The van der Waals surface area contributed by atoms with Gasteiger partial charge in [0.1, 0.15) is 0 Å². The second-order valence-corrected chi connectivity index (χ2v) is 15.4. The molecule has 0 saturated heterocycles. The summed E-state index contributed by atoms with van der Waals surface area (Å²) in [5, 5.41) is 34.8. The average Bonchev–Trinajstić information content (AvgIpc) is 3.40. The van der Waals surface area contributed by atoms with Crippen molar-refractivity contribution in [3.63, 3.8) is 0 Å². The Balaban J connectivity index is 0. The van der Waals surface area contributed by atoms with Crippen molar-refractivity contribution < 1.29 is 120 Å². The Morgan fingerprint density at radius 1 is 0.216 bits per heavy atom. The monoisotopic (exact) mass is 1090 g/mol. The van der Waals surface area contributed by atoms with Crippen molar-refractivity contribution in [3.05, 3.63) is 0 Å². The van der Waals surface area contributed by atoms with Gasteiger partial charge in [-0.2, -0.15) is 0 Å². The van der Waals surface area contributed by atoms with Crippen LogP contribution in [0.3, 0.4) is 0 Å². The van der Waals surface area contributed by atoms with Gasteiger partial charge in [-0.1, -0.05) is 0 Å². The van der Waals surface area contributed by atoms with Crippen molar-refractivity contribution in [2.45, 2.75) is 39.1 Å². The van der Waals surface area contributed by atoms with E-state index in [2.05, 4.69) is 0 Å². The third kappa shape index (κ3) is 73.1. The fourth-order valence-corrected chi connectivity index (χ4v) is 4.89. The first kappa shape index (κ1) is 75.1. The van der Waals surface area contributed by atoms with Crippen LogP contribution in [0.15, 0.2) is 0 Å². The van der Waals surface area contributed by atoms with E-state index in [1.54, 1.807) is 13.8 Å². The van der Waals surface area contributed by atoms with E-state index >= 15 is 0 Å². The quantitative estimate of drug-likeness (QED) is 0.0557. The Bertz CT molecular complexity index is 912. The highest BCUT2D eigenvalue weighted by molar-refractivity contribution is 4.53. The van der Waals surface area contributed by atoms with E-state index in [0.29, 0.717) is 264 Å². The van der Waals surface area contributed by atoms with Gasteiger partial charge in [0, 0.05) is 0 Å². The van der Waals surface area contributed by atoms with Crippen LogP contribution in [0.2, 0.25) is 0 Å². The first-order valence-electron chi connectivity index (χ1n) is 26.2. The summed E-state index contributed by atoms with van der Waals surface area (Å²) < 4.78 is 113. The first-order valence-corrected chi connectivity index (χ1v) is 26.2. The van der Waals surface area contributed by atoms with Gasteiger partial charge < -0.3 is 120 Å². The molecule has 0 aromatic rings. The number of aliphatic hydroxyl groups is 4. The Kier molecular flexibility index (Phi) is 71.0. The summed E-state index contributed by atoms with van der Waals surface area (Å²) in [4.78, 5) is 0. The van der Waals surface area contributed by atoms with Gasteiger partial charge in [0.25, 0.3) is 0 Å². The summed E-state index contributed by atoms with van der Waals surface area (Å²) in [5.74, 6) is 0. The predicted molar refractivity (Wildman–Crippen MR) is 269 cm³/mol. The summed E-state index contributed by atoms with van der Waals surface area (Å²) in [5.41, 5.74) is 0. The molecule has 0 fully saturated rings. The SMILES string of the molecule is CC(O)COC(C)COC(C)CO.OCCOCCOCCOCCOCCOCCOCCOCCOCCOCCOCCOCCOCCOCCOCCOCCOCCOCCOCCOCCO. The van der Waals surface area contributed by atoms with Crippen molar-refractivity contribution in [1.29, 1.82) is 0 Å². The van der Waals surface area contributed by atoms with Crippen molar-refractivity contribution in [2.24, 2.45) is 0 Å². The van der Waals surface area contributed by atoms with Crippen LogP contribution in [0.25, 0.3) is 0 Å². The van der Waals surface area contributed by atoms with Crippen molar-refractivity contribution in [1.82, 2.24) is 0 Å². The van der Waals surface area contributed by atoms with Crippen molar-refractivity contribution in [2.75, 3.05) is 284 Å². The third-order valence-electron chi connectivity index (χ3n) is 8.66. The van der Waals surface area contributed by atoms with Crippen LogP contribution in [0.1, 0.15) is 20.8 Å². The zero-order valence-corrected chi connectivity index (χ0v) is 45.5. The number of hydrogen-bond donors (Lipinski definition) is 4. The number of aliphatic hydroxyl groups excluding tert-OH is 4.